The van der Waals surface area contributed by atoms with E-state index in [1.807, 2.05) is 0 Å². The summed E-state index contributed by atoms with van der Waals surface area (Å²) < 4.78 is 11.4. The number of amides is 1. The first-order valence-electron chi connectivity index (χ1n) is 10.6. The van der Waals surface area contributed by atoms with Crippen LogP contribution in [0.25, 0.3) is 10.2 Å². The minimum atomic E-state index is -0.501. The average Bonchev–Trinajstić information content (AvgIpc) is 3.43. The van der Waals surface area contributed by atoms with Crippen LogP contribution in [0.15, 0.2) is 11.1 Å². The fraction of sp³-hybridized carbons (Fsp3) is 0.409. The molecule has 4 rings (SSSR count). The van der Waals surface area contributed by atoms with Gasteiger partial charge < -0.3 is 14.8 Å². The lowest BCUT2D eigenvalue weighted by atomic mass is 10.1. The van der Waals surface area contributed by atoms with Crippen molar-refractivity contribution in [3.05, 3.63) is 43.1 Å². The van der Waals surface area contributed by atoms with Gasteiger partial charge in [-0.3, -0.25) is 14.2 Å². The number of esters is 2. The Labute approximate surface area is 197 Å². The summed E-state index contributed by atoms with van der Waals surface area (Å²) in [6.07, 6.45) is 3.89. The molecule has 0 bridgehead atoms. The Hall–Kier alpha value is -3.05. The molecular formula is C22H23N3O6S2. The highest BCUT2D eigenvalue weighted by Crippen LogP contribution is 2.39. The maximum absolute atomic E-state index is 13.0. The minimum absolute atomic E-state index is 0.226. The second-order valence-corrected chi connectivity index (χ2v) is 9.57. The highest BCUT2D eigenvalue weighted by molar-refractivity contribution is 7.20. The molecule has 174 valence electrons. The van der Waals surface area contributed by atoms with Gasteiger partial charge in [0.2, 0.25) is 5.91 Å². The second-order valence-electron chi connectivity index (χ2n) is 7.46. The van der Waals surface area contributed by atoms with Crippen molar-refractivity contribution in [1.82, 2.24) is 9.55 Å². The molecule has 0 unspecified atom stereocenters. The number of fused-ring (bicyclic) bond motifs is 2. The number of hydrogen-bond donors (Lipinski definition) is 1. The van der Waals surface area contributed by atoms with E-state index in [-0.39, 0.29) is 19.8 Å². The third-order valence-corrected chi connectivity index (χ3v) is 7.73. The number of nitrogens with one attached hydrogen (secondary N) is 1. The molecule has 0 saturated heterocycles. The first kappa shape index (κ1) is 23.1. The zero-order chi connectivity index (χ0) is 23.7. The van der Waals surface area contributed by atoms with Gasteiger partial charge in [0.15, 0.2) is 0 Å². The van der Waals surface area contributed by atoms with Crippen molar-refractivity contribution in [3.63, 3.8) is 0 Å². The summed E-state index contributed by atoms with van der Waals surface area (Å²) in [4.78, 5) is 56.6. The summed E-state index contributed by atoms with van der Waals surface area (Å²) in [5, 5.41) is 3.52. The van der Waals surface area contributed by atoms with Crippen LogP contribution < -0.4 is 10.9 Å². The van der Waals surface area contributed by atoms with Gasteiger partial charge in [-0.25, -0.2) is 14.6 Å². The molecule has 0 radical (unpaired) electrons. The van der Waals surface area contributed by atoms with Crippen molar-refractivity contribution in [3.8, 4) is 0 Å². The van der Waals surface area contributed by atoms with Crippen LogP contribution in [-0.4, -0.2) is 40.6 Å². The van der Waals surface area contributed by atoms with E-state index in [1.54, 1.807) is 20.8 Å². The number of nitrogens with zero attached hydrogens (tertiary/aromatic N) is 2. The largest absolute Gasteiger partial charge is 0.462 e. The zero-order valence-corrected chi connectivity index (χ0v) is 20.1. The number of thiophene rings is 2. The molecule has 1 amide bonds. The Morgan fingerprint density at radius 1 is 1.12 bits per heavy atom. The van der Waals surface area contributed by atoms with Crippen LogP contribution in [0.3, 0.4) is 0 Å². The highest BCUT2D eigenvalue weighted by Gasteiger charge is 2.28. The maximum atomic E-state index is 13.0. The predicted molar refractivity (Wildman–Crippen MR) is 126 cm³/mol. The lowest BCUT2D eigenvalue weighted by molar-refractivity contribution is -0.116. The SMILES string of the molecule is CCOC(=O)c1sc2ncn(CC(=O)Nc3sc4c(c3C(=O)OCC)CCC4)c(=O)c2c1C. The van der Waals surface area contributed by atoms with Crippen molar-refractivity contribution in [2.45, 2.75) is 46.6 Å². The van der Waals surface area contributed by atoms with Crippen molar-refractivity contribution >= 4 is 55.7 Å². The number of rotatable bonds is 7. The van der Waals surface area contributed by atoms with E-state index in [0.29, 0.717) is 31.2 Å². The summed E-state index contributed by atoms with van der Waals surface area (Å²) in [6, 6.07) is 0. The van der Waals surface area contributed by atoms with Gasteiger partial charge in [-0.1, -0.05) is 0 Å². The van der Waals surface area contributed by atoms with E-state index in [4.69, 9.17) is 9.47 Å². The monoisotopic (exact) mass is 489 g/mol. The van der Waals surface area contributed by atoms with Gasteiger partial charge in [0, 0.05) is 4.88 Å². The van der Waals surface area contributed by atoms with E-state index < -0.39 is 23.4 Å². The van der Waals surface area contributed by atoms with Crippen LogP contribution in [0.4, 0.5) is 5.00 Å². The molecule has 0 spiro atoms. The molecule has 0 fully saturated rings. The first-order chi connectivity index (χ1) is 15.8. The summed E-state index contributed by atoms with van der Waals surface area (Å²) >= 11 is 2.47. The van der Waals surface area contributed by atoms with Crippen LogP contribution in [0.5, 0.6) is 0 Å². The number of ether oxygens (including phenoxy) is 2. The van der Waals surface area contributed by atoms with E-state index in [2.05, 4.69) is 10.3 Å². The van der Waals surface area contributed by atoms with Crippen LogP contribution in [0.1, 0.15) is 56.3 Å². The first-order valence-corrected chi connectivity index (χ1v) is 12.3. The molecule has 3 aromatic heterocycles. The van der Waals surface area contributed by atoms with Gasteiger partial charge in [0.25, 0.3) is 5.56 Å². The highest BCUT2D eigenvalue weighted by atomic mass is 32.1. The summed E-state index contributed by atoms with van der Waals surface area (Å²) in [5.74, 6) is -1.41. The average molecular weight is 490 g/mol. The van der Waals surface area contributed by atoms with Gasteiger partial charge in [0.05, 0.1) is 30.5 Å². The molecule has 3 heterocycles. The fourth-order valence-electron chi connectivity index (χ4n) is 3.90. The minimum Gasteiger partial charge on any atom is -0.462 e. The van der Waals surface area contributed by atoms with E-state index in [0.717, 1.165) is 41.0 Å². The lowest BCUT2D eigenvalue weighted by Crippen LogP contribution is -2.28. The van der Waals surface area contributed by atoms with Gasteiger partial charge in [-0.2, -0.15) is 0 Å². The van der Waals surface area contributed by atoms with Crippen LogP contribution in [0, 0.1) is 6.92 Å². The number of aromatic nitrogens is 2. The normalized spacial score (nSPS) is 12.6. The quantitative estimate of drug-likeness (QED) is 0.506. The molecule has 9 nitrogen and oxygen atoms in total. The molecule has 1 aliphatic carbocycles. The lowest BCUT2D eigenvalue weighted by Gasteiger charge is -2.09. The van der Waals surface area contributed by atoms with E-state index in [9.17, 15) is 19.2 Å². The number of carbonyl (C=O) groups is 3. The molecule has 3 aromatic rings. The predicted octanol–water partition coefficient (Wildman–Crippen LogP) is 3.31. The molecule has 1 N–H and O–H groups in total. The summed E-state index contributed by atoms with van der Waals surface area (Å²) in [5.41, 5.74) is 1.42. The summed E-state index contributed by atoms with van der Waals surface area (Å²) in [6.45, 7) is 5.29. The van der Waals surface area contributed by atoms with Crippen LogP contribution >= 0.6 is 22.7 Å². The van der Waals surface area contributed by atoms with E-state index in [1.165, 1.54) is 22.2 Å². The van der Waals surface area contributed by atoms with E-state index >= 15 is 0 Å². The Balaban J connectivity index is 1.60. The maximum Gasteiger partial charge on any atom is 0.348 e. The topological polar surface area (TPSA) is 117 Å². The third kappa shape index (κ3) is 4.30. The number of aryl methyl sites for hydroxylation is 2. The molecule has 0 aliphatic heterocycles. The van der Waals surface area contributed by atoms with Crippen molar-refractivity contribution in [2.24, 2.45) is 0 Å². The van der Waals surface area contributed by atoms with Crippen LogP contribution in [-0.2, 0) is 33.7 Å². The third-order valence-electron chi connectivity index (χ3n) is 5.35. The summed E-state index contributed by atoms with van der Waals surface area (Å²) in [7, 11) is 0. The van der Waals surface area contributed by atoms with Gasteiger partial charge in [-0.05, 0) is 51.2 Å². The Morgan fingerprint density at radius 3 is 2.58 bits per heavy atom. The Morgan fingerprint density at radius 2 is 1.85 bits per heavy atom. The number of hydrogen-bond acceptors (Lipinski definition) is 9. The number of anilines is 1. The molecule has 1 aliphatic rings. The van der Waals surface area contributed by atoms with Gasteiger partial charge in [0.1, 0.15) is 21.3 Å². The standard InChI is InChI=1S/C22H23N3O6S2/c1-4-30-21(28)16-12-7-6-8-13(12)32-19(16)24-14(26)9-25-10-23-18-15(20(25)27)11(3)17(33-18)22(29)31-5-2/h10H,4-9H2,1-3H3,(H,24,26). The zero-order valence-electron chi connectivity index (χ0n) is 18.5. The van der Waals surface area contributed by atoms with Gasteiger partial charge >= 0.3 is 11.9 Å². The molecular weight excluding hydrogens is 466 g/mol. The van der Waals surface area contributed by atoms with Gasteiger partial charge in [-0.15, -0.1) is 22.7 Å². The number of carbonyl (C=O) groups excluding carboxylic acids is 3. The fourth-order valence-corrected chi connectivity index (χ4v) is 6.22. The van der Waals surface area contributed by atoms with Crippen LogP contribution in [0.2, 0.25) is 0 Å². The van der Waals surface area contributed by atoms with Crippen molar-refractivity contribution < 1.29 is 23.9 Å². The Kier molecular flexibility index (Phi) is 6.61. The molecule has 0 aromatic carbocycles. The molecule has 0 atom stereocenters. The second kappa shape index (κ2) is 9.44. The Bertz CT molecular complexity index is 1320. The van der Waals surface area contributed by atoms with Crippen molar-refractivity contribution in [2.75, 3.05) is 18.5 Å². The van der Waals surface area contributed by atoms with Crippen molar-refractivity contribution in [1.29, 1.82) is 0 Å². The molecule has 33 heavy (non-hydrogen) atoms. The molecule has 11 heteroatoms. The molecule has 0 saturated carbocycles. The smallest absolute Gasteiger partial charge is 0.348 e.